The predicted molar refractivity (Wildman–Crippen MR) is 98.1 cm³/mol. The quantitative estimate of drug-likeness (QED) is 0.529. The maximum absolute atomic E-state index is 12.9. The molecule has 3 N–H and O–H groups in total. The lowest BCUT2D eigenvalue weighted by molar-refractivity contribution is -0.130. The molecular formula is C17H26BFN4O4. The fourth-order valence-electron chi connectivity index (χ4n) is 3.03. The molecule has 1 saturated heterocycles. The summed E-state index contributed by atoms with van der Waals surface area (Å²) in [6, 6.07) is -0.430. The highest BCUT2D eigenvalue weighted by Gasteiger charge is 2.37. The monoisotopic (exact) mass is 380 g/mol. The van der Waals surface area contributed by atoms with Crippen LogP contribution in [0.2, 0.25) is 0 Å². The van der Waals surface area contributed by atoms with Crippen LogP contribution in [-0.4, -0.2) is 57.4 Å². The van der Waals surface area contributed by atoms with Gasteiger partial charge in [0.15, 0.2) is 11.6 Å². The first-order valence-electron chi connectivity index (χ1n) is 9.12. The van der Waals surface area contributed by atoms with Crippen molar-refractivity contribution in [3.63, 3.8) is 0 Å². The van der Waals surface area contributed by atoms with Gasteiger partial charge in [0.2, 0.25) is 11.9 Å². The Morgan fingerprint density at radius 3 is 2.44 bits per heavy atom. The van der Waals surface area contributed by atoms with Gasteiger partial charge in [0.05, 0.1) is 24.4 Å². The summed E-state index contributed by atoms with van der Waals surface area (Å²) in [4.78, 5) is 34.3. The second-order valence-electron chi connectivity index (χ2n) is 7.43. The molecule has 8 nitrogen and oxygen atoms in total. The zero-order valence-corrected chi connectivity index (χ0v) is 15.8. The van der Waals surface area contributed by atoms with Gasteiger partial charge in [-0.2, -0.15) is 0 Å². The first-order valence-corrected chi connectivity index (χ1v) is 9.12. The van der Waals surface area contributed by atoms with E-state index in [2.05, 4.69) is 15.3 Å². The lowest BCUT2D eigenvalue weighted by Gasteiger charge is -2.40. The number of nitrogens with zero attached hydrogens (tertiary/aromatic N) is 3. The van der Waals surface area contributed by atoms with E-state index in [0.717, 1.165) is 12.4 Å². The number of aromatic nitrogens is 2. The molecule has 1 aromatic heterocycles. The largest absolute Gasteiger partial charge is 0.475 e. The number of Topliss-reactive ketones (excluding diaryl/α,β-unsaturated/α-hetero) is 1. The number of nitrogens with one attached hydrogen (secondary N) is 1. The highest BCUT2D eigenvalue weighted by molar-refractivity contribution is 6.43. The molecule has 2 rings (SSSR count). The van der Waals surface area contributed by atoms with Crippen LogP contribution in [0.4, 0.5) is 10.3 Å². The fraction of sp³-hybridized carbons (Fsp3) is 0.647. The molecule has 148 valence electrons. The number of hydrogen-bond acceptors (Lipinski definition) is 7. The maximum atomic E-state index is 12.9. The van der Waals surface area contributed by atoms with Gasteiger partial charge in [-0.25, -0.2) is 14.4 Å². The van der Waals surface area contributed by atoms with Crippen LogP contribution < -0.4 is 10.2 Å². The summed E-state index contributed by atoms with van der Waals surface area (Å²) in [5.41, 5.74) is 0. The molecule has 1 fully saturated rings. The average molecular weight is 380 g/mol. The summed E-state index contributed by atoms with van der Waals surface area (Å²) in [5, 5.41) is 21.4. The molecule has 1 aliphatic heterocycles. The zero-order chi connectivity index (χ0) is 20.1. The van der Waals surface area contributed by atoms with Gasteiger partial charge in [0, 0.05) is 18.9 Å². The van der Waals surface area contributed by atoms with Gasteiger partial charge >= 0.3 is 7.12 Å². The van der Waals surface area contributed by atoms with Crippen molar-refractivity contribution in [2.24, 2.45) is 11.8 Å². The van der Waals surface area contributed by atoms with Crippen molar-refractivity contribution < 1.29 is 24.0 Å². The number of amides is 1. The number of carbonyl (C=O) groups is 2. The molecule has 1 aromatic rings. The van der Waals surface area contributed by atoms with Crippen LogP contribution in [0.15, 0.2) is 12.4 Å². The Morgan fingerprint density at radius 2 is 1.96 bits per heavy atom. The highest BCUT2D eigenvalue weighted by Crippen LogP contribution is 2.25. The van der Waals surface area contributed by atoms with E-state index in [1.165, 1.54) is 0 Å². The summed E-state index contributed by atoms with van der Waals surface area (Å²) in [6.07, 6.45) is 3.16. The number of ketones is 1. The van der Waals surface area contributed by atoms with Gasteiger partial charge in [-0.15, -0.1) is 0 Å². The third-order valence-electron chi connectivity index (χ3n) is 4.62. The van der Waals surface area contributed by atoms with Crippen molar-refractivity contribution in [2.45, 2.75) is 52.0 Å². The Kier molecular flexibility index (Phi) is 7.26. The number of rotatable bonds is 9. The van der Waals surface area contributed by atoms with Crippen molar-refractivity contribution in [1.29, 1.82) is 0 Å². The third-order valence-corrected chi connectivity index (χ3v) is 4.62. The van der Waals surface area contributed by atoms with Crippen molar-refractivity contribution in [2.75, 3.05) is 11.4 Å². The van der Waals surface area contributed by atoms with Crippen molar-refractivity contribution in [3.05, 3.63) is 18.2 Å². The second kappa shape index (κ2) is 9.23. The van der Waals surface area contributed by atoms with Crippen LogP contribution in [0.1, 0.15) is 40.0 Å². The average Bonchev–Trinajstić information content (AvgIpc) is 2.54. The van der Waals surface area contributed by atoms with E-state index < -0.39 is 36.7 Å². The normalized spacial score (nSPS) is 18.6. The summed E-state index contributed by atoms with van der Waals surface area (Å²) >= 11 is 0. The minimum atomic E-state index is -1.66. The Morgan fingerprint density at radius 1 is 1.33 bits per heavy atom. The van der Waals surface area contributed by atoms with E-state index >= 15 is 0 Å². The number of hydrogen-bond donors (Lipinski definition) is 3. The van der Waals surface area contributed by atoms with Gasteiger partial charge in [0.1, 0.15) is 0 Å². The van der Waals surface area contributed by atoms with Crippen LogP contribution in [0.3, 0.4) is 0 Å². The number of halogens is 1. The van der Waals surface area contributed by atoms with Crippen LogP contribution >= 0.6 is 0 Å². The standard InChI is InChI=1S/C17H26BFN4O4/c1-10(2)6-15(18(26)27)22-16(25)11(3)7-14(24)13-4-5-23(13)17-20-8-12(19)9-21-17/h8-11,13,15,26-27H,4-7H2,1-3H3,(H,22,25)/t11-,13+,15?/m1/s1. The number of anilines is 1. The summed E-state index contributed by atoms with van der Waals surface area (Å²) in [5.74, 6) is -1.99. The van der Waals surface area contributed by atoms with E-state index in [9.17, 15) is 24.0 Å². The topological polar surface area (TPSA) is 116 Å². The molecule has 0 bridgehead atoms. The minimum Gasteiger partial charge on any atom is -0.426 e. The molecule has 1 aliphatic rings. The van der Waals surface area contributed by atoms with Crippen molar-refractivity contribution in [3.8, 4) is 0 Å². The lowest BCUT2D eigenvalue weighted by Crippen LogP contribution is -2.54. The summed E-state index contributed by atoms with van der Waals surface area (Å²) < 4.78 is 12.9. The molecule has 0 aliphatic carbocycles. The molecule has 10 heteroatoms. The van der Waals surface area contributed by atoms with Gasteiger partial charge in [-0.05, 0) is 18.8 Å². The first-order chi connectivity index (χ1) is 12.7. The van der Waals surface area contributed by atoms with E-state index in [-0.39, 0.29) is 18.1 Å². The van der Waals surface area contributed by atoms with Crippen LogP contribution in [-0.2, 0) is 9.59 Å². The summed E-state index contributed by atoms with van der Waals surface area (Å²) in [7, 11) is -1.66. The van der Waals surface area contributed by atoms with Gasteiger partial charge in [-0.1, -0.05) is 20.8 Å². The maximum Gasteiger partial charge on any atom is 0.475 e. The van der Waals surface area contributed by atoms with Crippen LogP contribution in [0, 0.1) is 17.7 Å². The van der Waals surface area contributed by atoms with Crippen LogP contribution in [0.25, 0.3) is 0 Å². The lowest BCUT2D eigenvalue weighted by atomic mass is 9.74. The zero-order valence-electron chi connectivity index (χ0n) is 15.8. The van der Waals surface area contributed by atoms with Crippen LogP contribution in [0.5, 0.6) is 0 Å². The number of carbonyl (C=O) groups excluding carboxylic acids is 2. The molecule has 0 radical (unpaired) electrons. The van der Waals surface area contributed by atoms with E-state index in [0.29, 0.717) is 25.3 Å². The van der Waals surface area contributed by atoms with Gasteiger partial charge in [-0.3, -0.25) is 9.59 Å². The van der Waals surface area contributed by atoms with Gasteiger partial charge in [0.25, 0.3) is 0 Å². The Hall–Kier alpha value is -2.07. The first kappa shape index (κ1) is 21.2. The Bertz CT molecular complexity index is 659. The highest BCUT2D eigenvalue weighted by atomic mass is 19.1. The molecule has 0 spiro atoms. The van der Waals surface area contributed by atoms with E-state index in [1.54, 1.807) is 11.8 Å². The molecule has 1 unspecified atom stereocenters. The third kappa shape index (κ3) is 5.70. The molecule has 3 atom stereocenters. The Labute approximate surface area is 158 Å². The smallest absolute Gasteiger partial charge is 0.426 e. The SMILES string of the molecule is CC(C)CC(NC(=O)[C@H](C)CC(=O)[C@@H]1CCN1c1ncc(F)cn1)B(O)O. The summed E-state index contributed by atoms with van der Waals surface area (Å²) in [6.45, 7) is 6.05. The second-order valence-corrected chi connectivity index (χ2v) is 7.43. The van der Waals surface area contributed by atoms with E-state index in [4.69, 9.17) is 0 Å². The van der Waals surface area contributed by atoms with E-state index in [1.807, 2.05) is 13.8 Å². The molecule has 27 heavy (non-hydrogen) atoms. The van der Waals surface area contributed by atoms with Crippen molar-refractivity contribution >= 4 is 24.8 Å². The predicted octanol–water partition coefficient (Wildman–Crippen LogP) is 0.333. The van der Waals surface area contributed by atoms with Crippen molar-refractivity contribution in [1.82, 2.24) is 15.3 Å². The molecule has 0 saturated carbocycles. The molecular weight excluding hydrogens is 354 g/mol. The Balaban J connectivity index is 1.90. The fourth-order valence-corrected chi connectivity index (χ4v) is 3.03. The molecule has 0 aromatic carbocycles. The minimum absolute atomic E-state index is 0.0180. The molecule has 1 amide bonds. The van der Waals surface area contributed by atoms with Gasteiger partial charge < -0.3 is 20.3 Å². The molecule has 2 heterocycles.